The summed E-state index contributed by atoms with van der Waals surface area (Å²) in [4.78, 5) is 19.4. The Bertz CT molecular complexity index is 1600. The average Bonchev–Trinajstić information content (AvgIpc) is 3.21. The number of alkyl halides is 3. The maximum atomic E-state index is 13.7. The first kappa shape index (κ1) is 27.9. The van der Waals surface area contributed by atoms with Gasteiger partial charge in [-0.05, 0) is 59.2 Å². The Morgan fingerprint density at radius 3 is 2.70 bits per heavy atom. The van der Waals surface area contributed by atoms with Crippen molar-refractivity contribution in [2.24, 2.45) is 0 Å². The summed E-state index contributed by atoms with van der Waals surface area (Å²) >= 11 is 11.7. The van der Waals surface area contributed by atoms with Gasteiger partial charge in [-0.3, -0.25) is 9.47 Å². The highest BCUT2D eigenvalue weighted by molar-refractivity contribution is 6.30. The summed E-state index contributed by atoms with van der Waals surface area (Å²) in [7, 11) is 0. The summed E-state index contributed by atoms with van der Waals surface area (Å²) in [6.45, 7) is 1.68. The predicted molar refractivity (Wildman–Crippen MR) is 145 cm³/mol. The number of nitrogens with zero attached hydrogens (tertiary/aromatic N) is 3. The third kappa shape index (κ3) is 6.41. The highest BCUT2D eigenvalue weighted by atomic mass is 35.5. The molecule has 12 heteroatoms. The average molecular weight is 593 g/mol. The molecule has 40 heavy (non-hydrogen) atoms. The van der Waals surface area contributed by atoms with Gasteiger partial charge in [0.05, 0.1) is 10.5 Å². The van der Waals surface area contributed by atoms with Crippen LogP contribution in [0.3, 0.4) is 0 Å². The van der Waals surface area contributed by atoms with E-state index in [-0.39, 0.29) is 17.3 Å². The SMILES string of the molecule is O=C(NCc1ccnc(Cl)c1)n1c2c(c3cc(OC(F)(F)F)ccc31)CN(CC=Cc1ccc(Cl)c(F)c1)CC2. The summed E-state index contributed by atoms with van der Waals surface area (Å²) in [5.41, 5.74) is 3.32. The molecule has 0 bridgehead atoms. The van der Waals surface area contributed by atoms with Crippen LogP contribution in [-0.4, -0.2) is 39.9 Å². The van der Waals surface area contributed by atoms with Gasteiger partial charge in [0.25, 0.3) is 0 Å². The van der Waals surface area contributed by atoms with Crippen molar-refractivity contribution in [1.82, 2.24) is 19.8 Å². The Kier molecular flexibility index (Phi) is 8.02. The molecule has 1 aliphatic heterocycles. The van der Waals surface area contributed by atoms with Gasteiger partial charge in [0, 0.05) is 49.9 Å². The van der Waals surface area contributed by atoms with E-state index in [2.05, 4.69) is 19.9 Å². The lowest BCUT2D eigenvalue weighted by molar-refractivity contribution is -0.274. The highest BCUT2D eigenvalue weighted by Crippen LogP contribution is 2.35. The molecule has 0 saturated carbocycles. The summed E-state index contributed by atoms with van der Waals surface area (Å²) in [6.07, 6.45) is 0.810. The van der Waals surface area contributed by atoms with Crippen molar-refractivity contribution in [3.8, 4) is 5.75 Å². The Hall–Kier alpha value is -3.60. The number of ether oxygens (including phenoxy) is 1. The van der Waals surface area contributed by atoms with E-state index in [1.807, 2.05) is 6.08 Å². The standard InChI is InChI=1S/C28H22Cl2F4N4O2/c29-22-5-3-17(12-23(22)31)2-1-10-37-11-8-25-21(16-37)20-14-19(40-28(32,33)34)4-6-24(20)38(25)27(39)36-15-18-7-9-35-26(30)13-18/h1-7,9,12-14H,8,10-11,15-16H2,(H,36,39). The third-order valence-electron chi connectivity index (χ3n) is 6.49. The number of carbonyl (C=O) groups excluding carboxylic acids is 1. The second-order valence-electron chi connectivity index (χ2n) is 9.19. The van der Waals surface area contributed by atoms with Gasteiger partial charge in [-0.1, -0.05) is 41.4 Å². The van der Waals surface area contributed by atoms with E-state index in [0.29, 0.717) is 53.4 Å². The quantitative estimate of drug-likeness (QED) is 0.190. The number of halogens is 6. The van der Waals surface area contributed by atoms with Gasteiger partial charge in [0.15, 0.2) is 0 Å². The molecule has 6 nitrogen and oxygen atoms in total. The third-order valence-corrected chi connectivity index (χ3v) is 7.00. The van der Waals surface area contributed by atoms with Crippen LogP contribution in [0.1, 0.15) is 22.4 Å². The molecule has 0 saturated heterocycles. The minimum atomic E-state index is -4.85. The van der Waals surface area contributed by atoms with Crippen molar-refractivity contribution < 1.29 is 27.1 Å². The number of nitrogens with one attached hydrogen (secondary N) is 1. The first-order valence-electron chi connectivity index (χ1n) is 12.2. The van der Waals surface area contributed by atoms with Crippen LogP contribution in [0, 0.1) is 5.82 Å². The normalized spacial score (nSPS) is 14.1. The fourth-order valence-electron chi connectivity index (χ4n) is 4.74. The van der Waals surface area contributed by atoms with Crippen molar-refractivity contribution in [2.75, 3.05) is 13.1 Å². The minimum absolute atomic E-state index is 0.0413. The topological polar surface area (TPSA) is 59.4 Å². The number of carbonyl (C=O) groups is 1. The zero-order valence-electron chi connectivity index (χ0n) is 20.8. The number of fused-ring (bicyclic) bond motifs is 3. The minimum Gasteiger partial charge on any atom is -0.406 e. The van der Waals surface area contributed by atoms with Crippen molar-refractivity contribution in [3.05, 3.63) is 99.2 Å². The van der Waals surface area contributed by atoms with E-state index in [9.17, 15) is 22.4 Å². The molecular formula is C28H22Cl2F4N4O2. The van der Waals surface area contributed by atoms with Crippen LogP contribution in [-0.2, 0) is 19.5 Å². The molecule has 0 atom stereocenters. The highest BCUT2D eigenvalue weighted by Gasteiger charge is 2.32. The Labute approximate surface area is 236 Å². The second-order valence-corrected chi connectivity index (χ2v) is 9.99. The Morgan fingerprint density at radius 2 is 1.95 bits per heavy atom. The second kappa shape index (κ2) is 11.5. The van der Waals surface area contributed by atoms with E-state index >= 15 is 0 Å². The molecule has 2 aromatic carbocycles. The molecule has 208 valence electrons. The molecule has 1 amide bonds. The van der Waals surface area contributed by atoms with Gasteiger partial charge < -0.3 is 10.1 Å². The van der Waals surface area contributed by atoms with Crippen LogP contribution in [0.25, 0.3) is 17.0 Å². The lowest BCUT2D eigenvalue weighted by Crippen LogP contribution is -2.34. The molecule has 1 aliphatic rings. The summed E-state index contributed by atoms with van der Waals surface area (Å²) in [5, 5.41) is 3.69. The number of amides is 1. The Balaban J connectivity index is 1.42. The van der Waals surface area contributed by atoms with Gasteiger partial charge in [0.2, 0.25) is 0 Å². The maximum absolute atomic E-state index is 13.7. The number of pyridine rings is 1. The molecule has 4 aromatic rings. The van der Waals surface area contributed by atoms with Gasteiger partial charge >= 0.3 is 12.4 Å². The number of rotatable bonds is 6. The van der Waals surface area contributed by atoms with Crippen molar-refractivity contribution >= 4 is 46.2 Å². The van der Waals surface area contributed by atoms with E-state index in [1.165, 1.54) is 41.1 Å². The van der Waals surface area contributed by atoms with E-state index in [4.69, 9.17) is 23.2 Å². The van der Waals surface area contributed by atoms with Crippen LogP contribution < -0.4 is 10.1 Å². The van der Waals surface area contributed by atoms with Crippen LogP contribution in [0.5, 0.6) is 5.75 Å². The lowest BCUT2D eigenvalue weighted by Gasteiger charge is -2.27. The molecule has 0 aliphatic carbocycles. The number of hydrogen-bond acceptors (Lipinski definition) is 4. The first-order chi connectivity index (χ1) is 19.1. The number of aromatic nitrogens is 2. The monoisotopic (exact) mass is 592 g/mol. The molecule has 2 aromatic heterocycles. The zero-order valence-corrected chi connectivity index (χ0v) is 22.3. The Morgan fingerprint density at radius 1 is 1.12 bits per heavy atom. The zero-order chi connectivity index (χ0) is 28.4. The van der Waals surface area contributed by atoms with E-state index in [0.717, 1.165) is 11.1 Å². The van der Waals surface area contributed by atoms with Crippen LogP contribution in [0.15, 0.2) is 60.8 Å². The fourth-order valence-corrected chi connectivity index (χ4v) is 5.06. The fraction of sp³-hybridized carbons (Fsp3) is 0.214. The number of benzene rings is 2. The summed E-state index contributed by atoms with van der Waals surface area (Å²) in [5.74, 6) is -0.880. The van der Waals surface area contributed by atoms with Gasteiger partial charge in [0.1, 0.15) is 16.7 Å². The van der Waals surface area contributed by atoms with E-state index < -0.39 is 18.2 Å². The predicted octanol–water partition coefficient (Wildman–Crippen LogP) is 7.21. The smallest absolute Gasteiger partial charge is 0.406 e. The van der Waals surface area contributed by atoms with Crippen LogP contribution in [0.2, 0.25) is 10.2 Å². The summed E-state index contributed by atoms with van der Waals surface area (Å²) < 4.78 is 58.2. The van der Waals surface area contributed by atoms with Gasteiger partial charge in [-0.2, -0.15) is 0 Å². The van der Waals surface area contributed by atoms with Crippen LogP contribution >= 0.6 is 23.2 Å². The van der Waals surface area contributed by atoms with Gasteiger partial charge in [-0.25, -0.2) is 14.2 Å². The van der Waals surface area contributed by atoms with Crippen LogP contribution in [0.4, 0.5) is 22.4 Å². The largest absolute Gasteiger partial charge is 0.573 e. The lowest BCUT2D eigenvalue weighted by atomic mass is 10.0. The molecule has 0 unspecified atom stereocenters. The number of hydrogen-bond donors (Lipinski definition) is 1. The van der Waals surface area contributed by atoms with Crippen molar-refractivity contribution in [3.63, 3.8) is 0 Å². The molecule has 5 rings (SSSR count). The molecule has 0 fully saturated rings. The van der Waals surface area contributed by atoms with Gasteiger partial charge in [-0.15, -0.1) is 13.2 Å². The molecule has 3 heterocycles. The maximum Gasteiger partial charge on any atom is 0.573 e. The van der Waals surface area contributed by atoms with E-state index in [1.54, 1.807) is 24.3 Å². The van der Waals surface area contributed by atoms with Crippen molar-refractivity contribution in [1.29, 1.82) is 0 Å². The summed E-state index contributed by atoms with van der Waals surface area (Å²) in [6, 6.07) is 11.4. The van der Waals surface area contributed by atoms with Crippen molar-refractivity contribution in [2.45, 2.75) is 25.9 Å². The molecular weight excluding hydrogens is 571 g/mol. The molecule has 1 N–H and O–H groups in total. The molecule has 0 spiro atoms. The first-order valence-corrected chi connectivity index (χ1v) is 13.0. The molecule has 0 radical (unpaired) electrons.